The van der Waals surface area contributed by atoms with E-state index in [0.717, 1.165) is 29.8 Å². The van der Waals surface area contributed by atoms with Crippen molar-refractivity contribution in [1.82, 2.24) is 14.9 Å². The molecule has 1 unspecified atom stereocenters. The summed E-state index contributed by atoms with van der Waals surface area (Å²) < 4.78 is 2.15. The van der Waals surface area contributed by atoms with E-state index < -0.39 is 11.5 Å². The molecule has 0 aliphatic rings. The van der Waals surface area contributed by atoms with Crippen LogP contribution in [-0.4, -0.2) is 33.2 Å². The molecule has 0 aliphatic heterocycles. The number of carbonyl (C=O) groups is 1. The molecular weight excluding hydrogens is 254 g/mol. The number of nitrogens with one attached hydrogen (secondary N) is 1. The van der Waals surface area contributed by atoms with Crippen LogP contribution in [0.5, 0.6) is 0 Å². The number of rotatable bonds is 6. The van der Waals surface area contributed by atoms with Crippen molar-refractivity contribution in [2.24, 2.45) is 0 Å². The second-order valence-corrected chi connectivity index (χ2v) is 5.29. The van der Waals surface area contributed by atoms with Crippen LogP contribution in [0.25, 0.3) is 11.0 Å². The number of aromatic nitrogens is 2. The predicted octanol–water partition coefficient (Wildman–Crippen LogP) is 2.19. The lowest BCUT2D eigenvalue weighted by molar-refractivity contribution is -0.144. The lowest BCUT2D eigenvalue weighted by Crippen LogP contribution is -2.47. The molecule has 0 aliphatic carbocycles. The van der Waals surface area contributed by atoms with Gasteiger partial charge in [0, 0.05) is 6.54 Å². The average molecular weight is 275 g/mol. The van der Waals surface area contributed by atoms with Crippen molar-refractivity contribution in [1.29, 1.82) is 0 Å². The Bertz CT molecular complexity index is 621. The smallest absolute Gasteiger partial charge is 0.323 e. The molecule has 108 valence electrons. The summed E-state index contributed by atoms with van der Waals surface area (Å²) in [5.41, 5.74) is 1.22. The highest BCUT2D eigenvalue weighted by atomic mass is 16.4. The molecule has 5 nitrogen and oxygen atoms in total. The topological polar surface area (TPSA) is 67.2 Å². The van der Waals surface area contributed by atoms with Crippen molar-refractivity contribution < 1.29 is 9.90 Å². The average Bonchev–Trinajstić information content (AvgIpc) is 2.74. The maximum absolute atomic E-state index is 11.2. The quantitative estimate of drug-likeness (QED) is 0.848. The van der Waals surface area contributed by atoms with Gasteiger partial charge in [0.15, 0.2) is 0 Å². The van der Waals surface area contributed by atoms with Gasteiger partial charge < -0.3 is 15.0 Å². The highest BCUT2D eigenvalue weighted by Crippen LogP contribution is 2.18. The van der Waals surface area contributed by atoms with Gasteiger partial charge in [-0.25, -0.2) is 4.98 Å². The Labute approximate surface area is 118 Å². The minimum Gasteiger partial charge on any atom is -0.480 e. The van der Waals surface area contributed by atoms with Gasteiger partial charge in [0.1, 0.15) is 11.4 Å². The van der Waals surface area contributed by atoms with Crippen molar-refractivity contribution in [2.45, 2.75) is 38.8 Å². The minimum absolute atomic E-state index is 0.574. The summed E-state index contributed by atoms with van der Waals surface area (Å²) in [7, 11) is 1.69. The zero-order chi connectivity index (χ0) is 14.8. The molecule has 0 amide bonds. The molecule has 20 heavy (non-hydrogen) atoms. The fourth-order valence-corrected chi connectivity index (χ4v) is 2.41. The summed E-state index contributed by atoms with van der Waals surface area (Å²) in [6.07, 6.45) is 1.36. The van der Waals surface area contributed by atoms with E-state index in [9.17, 15) is 9.90 Å². The molecular formula is C15H21N3O2. The van der Waals surface area contributed by atoms with Gasteiger partial charge in [0.2, 0.25) is 0 Å². The van der Waals surface area contributed by atoms with E-state index in [4.69, 9.17) is 0 Å². The molecule has 1 aromatic carbocycles. The molecule has 0 bridgehead atoms. The Morgan fingerprint density at radius 2 is 2.15 bits per heavy atom. The maximum Gasteiger partial charge on any atom is 0.323 e. The molecule has 1 aromatic heterocycles. The maximum atomic E-state index is 11.2. The number of aliphatic carboxylic acids is 1. The van der Waals surface area contributed by atoms with Crippen LogP contribution in [0.1, 0.15) is 25.6 Å². The summed E-state index contributed by atoms with van der Waals surface area (Å²) in [5, 5.41) is 12.1. The van der Waals surface area contributed by atoms with Gasteiger partial charge in [0.05, 0.1) is 11.0 Å². The van der Waals surface area contributed by atoms with Crippen LogP contribution >= 0.6 is 0 Å². The summed E-state index contributed by atoms with van der Waals surface area (Å²) in [4.78, 5) is 15.8. The number of hydrogen-bond acceptors (Lipinski definition) is 3. The van der Waals surface area contributed by atoms with Crippen molar-refractivity contribution in [2.75, 3.05) is 7.05 Å². The van der Waals surface area contributed by atoms with Crippen molar-refractivity contribution in [3.8, 4) is 0 Å². The third-order valence-corrected chi connectivity index (χ3v) is 3.93. The zero-order valence-electron chi connectivity index (χ0n) is 12.2. The summed E-state index contributed by atoms with van der Waals surface area (Å²) >= 11 is 0. The lowest BCUT2D eigenvalue weighted by atomic mass is 9.96. The van der Waals surface area contributed by atoms with E-state index in [1.54, 1.807) is 14.0 Å². The number of carboxylic acid groups (broad SMARTS) is 1. The van der Waals surface area contributed by atoms with Gasteiger partial charge in [-0.2, -0.15) is 0 Å². The van der Waals surface area contributed by atoms with Crippen LogP contribution in [0, 0.1) is 6.92 Å². The summed E-state index contributed by atoms with van der Waals surface area (Å²) in [6.45, 7) is 4.47. The SMILES string of the molecule is CNC(C)(CCCn1c(C)nc2ccccc21)C(=O)O. The number of carboxylic acids is 1. The highest BCUT2D eigenvalue weighted by molar-refractivity contribution is 5.78. The number of para-hydroxylation sites is 2. The predicted molar refractivity (Wildman–Crippen MR) is 78.8 cm³/mol. The van der Waals surface area contributed by atoms with Crippen molar-refractivity contribution in [3.05, 3.63) is 30.1 Å². The van der Waals surface area contributed by atoms with E-state index in [-0.39, 0.29) is 0 Å². The molecule has 2 aromatic rings. The molecule has 2 N–H and O–H groups in total. The molecule has 1 heterocycles. The third kappa shape index (κ3) is 2.67. The normalized spacial score (nSPS) is 14.3. The second-order valence-electron chi connectivity index (χ2n) is 5.29. The number of likely N-dealkylation sites (N-methyl/N-ethyl adjacent to an activating group) is 1. The first-order valence-electron chi connectivity index (χ1n) is 6.82. The number of nitrogens with zero attached hydrogens (tertiary/aromatic N) is 2. The Morgan fingerprint density at radius 3 is 2.80 bits per heavy atom. The molecule has 0 spiro atoms. The first-order valence-corrected chi connectivity index (χ1v) is 6.82. The number of imidazole rings is 1. The number of hydrogen-bond donors (Lipinski definition) is 2. The Balaban J connectivity index is 2.10. The standard InChI is InChI=1S/C15H21N3O2/c1-11-17-12-7-4-5-8-13(12)18(11)10-6-9-15(2,16-3)14(19)20/h4-5,7-8,16H,6,9-10H2,1-3H3,(H,19,20). The monoisotopic (exact) mass is 275 g/mol. The van der Waals surface area contributed by atoms with Crippen LogP contribution < -0.4 is 5.32 Å². The van der Waals surface area contributed by atoms with E-state index in [0.29, 0.717) is 6.42 Å². The lowest BCUT2D eigenvalue weighted by Gasteiger charge is -2.24. The van der Waals surface area contributed by atoms with Gasteiger partial charge in [-0.1, -0.05) is 12.1 Å². The highest BCUT2D eigenvalue weighted by Gasteiger charge is 2.30. The molecule has 0 radical (unpaired) electrons. The molecule has 2 rings (SSSR count). The van der Waals surface area contributed by atoms with Gasteiger partial charge in [-0.05, 0) is 45.9 Å². The van der Waals surface area contributed by atoms with Gasteiger partial charge in [-0.3, -0.25) is 4.79 Å². The minimum atomic E-state index is -0.871. The third-order valence-electron chi connectivity index (χ3n) is 3.93. The van der Waals surface area contributed by atoms with Crippen LogP contribution in [0.15, 0.2) is 24.3 Å². The van der Waals surface area contributed by atoms with Crippen molar-refractivity contribution >= 4 is 17.0 Å². The molecule has 5 heteroatoms. The summed E-state index contributed by atoms with van der Waals surface area (Å²) in [6, 6.07) is 8.01. The fraction of sp³-hybridized carbons (Fsp3) is 0.467. The summed E-state index contributed by atoms with van der Waals surface area (Å²) in [5.74, 6) is 0.153. The van der Waals surface area contributed by atoms with Crippen LogP contribution in [0.2, 0.25) is 0 Å². The largest absolute Gasteiger partial charge is 0.480 e. The van der Waals surface area contributed by atoms with Crippen molar-refractivity contribution in [3.63, 3.8) is 0 Å². The van der Waals surface area contributed by atoms with E-state index in [2.05, 4.69) is 14.9 Å². The fourth-order valence-electron chi connectivity index (χ4n) is 2.41. The van der Waals surface area contributed by atoms with Gasteiger partial charge in [0.25, 0.3) is 0 Å². The zero-order valence-corrected chi connectivity index (χ0v) is 12.2. The number of aryl methyl sites for hydroxylation is 2. The number of fused-ring (bicyclic) bond motifs is 1. The van der Waals surface area contributed by atoms with E-state index in [1.165, 1.54) is 0 Å². The van der Waals surface area contributed by atoms with Gasteiger partial charge >= 0.3 is 5.97 Å². The first-order chi connectivity index (χ1) is 9.48. The Kier molecular flexibility index (Phi) is 4.09. The Hall–Kier alpha value is -1.88. The Morgan fingerprint density at radius 1 is 1.45 bits per heavy atom. The van der Waals surface area contributed by atoms with Crippen LogP contribution in [0.4, 0.5) is 0 Å². The van der Waals surface area contributed by atoms with E-state index >= 15 is 0 Å². The first kappa shape index (κ1) is 14.5. The molecule has 1 atom stereocenters. The van der Waals surface area contributed by atoms with Crippen LogP contribution in [-0.2, 0) is 11.3 Å². The van der Waals surface area contributed by atoms with Crippen LogP contribution in [0.3, 0.4) is 0 Å². The molecule has 0 saturated carbocycles. The number of benzene rings is 1. The van der Waals surface area contributed by atoms with Gasteiger partial charge in [-0.15, -0.1) is 0 Å². The molecule has 0 fully saturated rings. The molecule has 0 saturated heterocycles. The second kappa shape index (κ2) is 5.63. The van der Waals surface area contributed by atoms with E-state index in [1.807, 2.05) is 31.2 Å².